The molecule has 0 saturated heterocycles. The highest BCUT2D eigenvalue weighted by Crippen LogP contribution is 2.32. The van der Waals surface area contributed by atoms with Crippen LogP contribution in [0.4, 0.5) is 0 Å². The highest BCUT2D eigenvalue weighted by molar-refractivity contribution is 5.01. The Morgan fingerprint density at radius 1 is 0.917 bits per heavy atom. The standard InChI is InChI=1S/C12H18/c1-2-4-8-11(7-3-1)12-9-5-6-10-12/h1,3,5,9,11-12H,2,4,6-8,10H2. The molecule has 0 nitrogen and oxygen atoms in total. The van der Waals surface area contributed by atoms with Crippen molar-refractivity contribution >= 4 is 0 Å². The fourth-order valence-electron chi connectivity index (χ4n) is 2.44. The molecule has 2 aliphatic carbocycles. The lowest BCUT2D eigenvalue weighted by Crippen LogP contribution is -2.09. The van der Waals surface area contributed by atoms with E-state index in [4.69, 9.17) is 0 Å². The zero-order chi connectivity index (χ0) is 8.23. The average Bonchev–Trinajstić information content (AvgIpc) is 2.48. The summed E-state index contributed by atoms with van der Waals surface area (Å²) in [5.41, 5.74) is 0. The van der Waals surface area contributed by atoms with Crippen LogP contribution in [-0.4, -0.2) is 0 Å². The molecule has 0 aliphatic heterocycles. The predicted molar refractivity (Wildman–Crippen MR) is 53.0 cm³/mol. The van der Waals surface area contributed by atoms with Crippen LogP contribution < -0.4 is 0 Å². The van der Waals surface area contributed by atoms with Crippen molar-refractivity contribution in [2.75, 3.05) is 0 Å². The Hall–Kier alpha value is -0.520. The van der Waals surface area contributed by atoms with E-state index in [1.54, 1.807) is 0 Å². The molecule has 2 rings (SSSR count). The third-order valence-corrected chi connectivity index (χ3v) is 3.21. The minimum atomic E-state index is 0.910. The van der Waals surface area contributed by atoms with E-state index in [-0.39, 0.29) is 0 Å². The zero-order valence-corrected chi connectivity index (χ0v) is 7.71. The molecule has 0 aromatic carbocycles. The van der Waals surface area contributed by atoms with Crippen molar-refractivity contribution in [3.8, 4) is 0 Å². The monoisotopic (exact) mass is 162 g/mol. The average molecular weight is 162 g/mol. The van der Waals surface area contributed by atoms with Crippen LogP contribution >= 0.6 is 0 Å². The fourth-order valence-corrected chi connectivity index (χ4v) is 2.44. The van der Waals surface area contributed by atoms with Crippen LogP contribution in [0, 0.1) is 11.8 Å². The molecule has 12 heavy (non-hydrogen) atoms. The summed E-state index contributed by atoms with van der Waals surface area (Å²) in [6.07, 6.45) is 17.8. The Morgan fingerprint density at radius 3 is 2.75 bits per heavy atom. The molecule has 0 N–H and O–H groups in total. The van der Waals surface area contributed by atoms with Crippen molar-refractivity contribution < 1.29 is 0 Å². The second-order valence-corrected chi connectivity index (χ2v) is 4.07. The molecule has 2 aliphatic rings. The Labute approximate surface area is 75.4 Å². The summed E-state index contributed by atoms with van der Waals surface area (Å²) in [4.78, 5) is 0. The van der Waals surface area contributed by atoms with E-state index in [1.807, 2.05) is 0 Å². The third-order valence-electron chi connectivity index (χ3n) is 3.21. The molecule has 0 radical (unpaired) electrons. The van der Waals surface area contributed by atoms with Crippen LogP contribution in [-0.2, 0) is 0 Å². The lowest BCUT2D eigenvalue weighted by Gasteiger charge is -2.19. The van der Waals surface area contributed by atoms with Gasteiger partial charge >= 0.3 is 0 Å². The Balaban J connectivity index is 1.92. The number of hydrogen-bond donors (Lipinski definition) is 0. The van der Waals surface area contributed by atoms with E-state index in [1.165, 1.54) is 38.5 Å². The Kier molecular flexibility index (Phi) is 2.65. The van der Waals surface area contributed by atoms with Crippen molar-refractivity contribution in [2.45, 2.75) is 38.5 Å². The molecule has 66 valence electrons. The van der Waals surface area contributed by atoms with Gasteiger partial charge in [-0.05, 0) is 50.4 Å². The molecule has 0 aromatic heterocycles. The summed E-state index contributed by atoms with van der Waals surface area (Å²) >= 11 is 0. The normalized spacial score (nSPS) is 35.3. The summed E-state index contributed by atoms with van der Waals surface area (Å²) in [7, 11) is 0. The fraction of sp³-hybridized carbons (Fsp3) is 0.667. The first-order valence-electron chi connectivity index (χ1n) is 5.28. The van der Waals surface area contributed by atoms with Gasteiger partial charge in [0, 0.05) is 0 Å². The van der Waals surface area contributed by atoms with Gasteiger partial charge in [-0.1, -0.05) is 24.3 Å². The maximum absolute atomic E-state index is 2.45. The summed E-state index contributed by atoms with van der Waals surface area (Å²) in [6, 6.07) is 0. The summed E-state index contributed by atoms with van der Waals surface area (Å²) in [6.45, 7) is 0. The maximum Gasteiger partial charge on any atom is -0.0199 e. The van der Waals surface area contributed by atoms with Gasteiger partial charge in [0.25, 0.3) is 0 Å². The van der Waals surface area contributed by atoms with Crippen LogP contribution in [0.3, 0.4) is 0 Å². The largest absolute Gasteiger partial charge is 0.0885 e. The van der Waals surface area contributed by atoms with Crippen LogP contribution in [0.15, 0.2) is 24.3 Å². The summed E-state index contributed by atoms with van der Waals surface area (Å²) in [5, 5.41) is 0. The molecule has 2 atom stereocenters. The number of rotatable bonds is 1. The van der Waals surface area contributed by atoms with Gasteiger partial charge in [-0.15, -0.1) is 0 Å². The molecule has 0 fully saturated rings. The van der Waals surface area contributed by atoms with Crippen LogP contribution in [0.25, 0.3) is 0 Å². The van der Waals surface area contributed by atoms with Crippen LogP contribution in [0.2, 0.25) is 0 Å². The molecular formula is C12H18. The second kappa shape index (κ2) is 3.93. The van der Waals surface area contributed by atoms with Crippen molar-refractivity contribution in [2.24, 2.45) is 11.8 Å². The minimum Gasteiger partial charge on any atom is -0.0885 e. The first-order chi connectivity index (χ1) is 5.97. The van der Waals surface area contributed by atoms with Crippen molar-refractivity contribution in [3.63, 3.8) is 0 Å². The van der Waals surface area contributed by atoms with E-state index in [0.29, 0.717) is 0 Å². The SMILES string of the molecule is C1=CCC(C2C=CCC2)CCC1. The van der Waals surface area contributed by atoms with Gasteiger partial charge in [-0.2, -0.15) is 0 Å². The van der Waals surface area contributed by atoms with Gasteiger partial charge in [0.1, 0.15) is 0 Å². The molecule has 0 bridgehead atoms. The molecule has 0 heterocycles. The topological polar surface area (TPSA) is 0 Å². The van der Waals surface area contributed by atoms with Crippen LogP contribution in [0.5, 0.6) is 0 Å². The lowest BCUT2D eigenvalue weighted by atomic mass is 9.86. The predicted octanol–water partition coefficient (Wildman–Crippen LogP) is 3.70. The van der Waals surface area contributed by atoms with Gasteiger partial charge in [-0.3, -0.25) is 0 Å². The molecular weight excluding hydrogens is 144 g/mol. The van der Waals surface area contributed by atoms with E-state index in [0.717, 1.165) is 11.8 Å². The lowest BCUT2D eigenvalue weighted by molar-refractivity contribution is 0.366. The first kappa shape index (κ1) is 8.10. The summed E-state index contributed by atoms with van der Waals surface area (Å²) < 4.78 is 0. The maximum atomic E-state index is 2.45. The van der Waals surface area contributed by atoms with Gasteiger partial charge in [0.2, 0.25) is 0 Å². The van der Waals surface area contributed by atoms with Crippen molar-refractivity contribution in [3.05, 3.63) is 24.3 Å². The molecule has 0 aromatic rings. The second-order valence-electron chi connectivity index (χ2n) is 4.07. The van der Waals surface area contributed by atoms with E-state index >= 15 is 0 Å². The highest BCUT2D eigenvalue weighted by Gasteiger charge is 2.20. The number of hydrogen-bond acceptors (Lipinski definition) is 0. The van der Waals surface area contributed by atoms with Gasteiger partial charge < -0.3 is 0 Å². The van der Waals surface area contributed by atoms with E-state index < -0.39 is 0 Å². The molecule has 0 spiro atoms. The summed E-state index contributed by atoms with van der Waals surface area (Å²) in [5.74, 6) is 1.87. The zero-order valence-electron chi connectivity index (χ0n) is 7.71. The number of allylic oxidation sites excluding steroid dienone is 4. The Morgan fingerprint density at radius 2 is 1.92 bits per heavy atom. The van der Waals surface area contributed by atoms with Gasteiger partial charge in [-0.25, -0.2) is 0 Å². The van der Waals surface area contributed by atoms with Crippen molar-refractivity contribution in [1.29, 1.82) is 0 Å². The molecule has 2 unspecified atom stereocenters. The van der Waals surface area contributed by atoms with Gasteiger partial charge in [0.15, 0.2) is 0 Å². The van der Waals surface area contributed by atoms with Crippen molar-refractivity contribution in [1.82, 2.24) is 0 Å². The molecule has 0 heteroatoms. The quantitative estimate of drug-likeness (QED) is 0.516. The molecule has 0 saturated carbocycles. The Bertz CT molecular complexity index is 188. The van der Waals surface area contributed by atoms with E-state index in [2.05, 4.69) is 24.3 Å². The van der Waals surface area contributed by atoms with E-state index in [9.17, 15) is 0 Å². The smallest absolute Gasteiger partial charge is 0.0199 e. The highest BCUT2D eigenvalue weighted by atomic mass is 14.3. The molecule has 0 amide bonds. The third kappa shape index (κ3) is 1.80. The minimum absolute atomic E-state index is 0.910. The van der Waals surface area contributed by atoms with Crippen LogP contribution in [0.1, 0.15) is 38.5 Å². The first-order valence-corrected chi connectivity index (χ1v) is 5.28. The van der Waals surface area contributed by atoms with Gasteiger partial charge in [0.05, 0.1) is 0 Å².